The molecule has 5 nitrogen and oxygen atoms in total. The Morgan fingerprint density at radius 2 is 1.77 bits per heavy atom. The molecule has 0 saturated carbocycles. The lowest BCUT2D eigenvalue weighted by Crippen LogP contribution is -2.36. The van der Waals surface area contributed by atoms with Gasteiger partial charge in [0.25, 0.3) is 11.8 Å². The van der Waals surface area contributed by atoms with Gasteiger partial charge in [0, 0.05) is 10.4 Å². The van der Waals surface area contributed by atoms with E-state index in [-0.39, 0.29) is 17.5 Å². The van der Waals surface area contributed by atoms with Gasteiger partial charge in [-0.2, -0.15) is 0 Å². The van der Waals surface area contributed by atoms with E-state index in [9.17, 15) is 9.59 Å². The number of nitrogens with one attached hydrogen (secondary N) is 2. The summed E-state index contributed by atoms with van der Waals surface area (Å²) in [6.45, 7) is 4.57. The highest BCUT2D eigenvalue weighted by atomic mass is 32.1. The Morgan fingerprint density at radius 1 is 1.00 bits per heavy atom. The molecule has 0 saturated heterocycles. The van der Waals surface area contributed by atoms with E-state index in [0.29, 0.717) is 18.7 Å². The number of rotatable bonds is 8. The van der Waals surface area contributed by atoms with Crippen LogP contribution in [0, 0.1) is 13.8 Å². The third kappa shape index (κ3) is 6.06. The topological polar surface area (TPSA) is 67.4 Å². The summed E-state index contributed by atoms with van der Waals surface area (Å²) < 4.78 is 5.71. The van der Waals surface area contributed by atoms with Crippen molar-refractivity contribution in [3.63, 3.8) is 0 Å². The van der Waals surface area contributed by atoms with Gasteiger partial charge >= 0.3 is 0 Å². The number of benzene rings is 2. The summed E-state index contributed by atoms with van der Waals surface area (Å²) in [5.74, 6) is 0.0927. The van der Waals surface area contributed by atoms with Gasteiger partial charge in [-0.3, -0.25) is 9.59 Å². The second kappa shape index (κ2) is 10.4. The number of thiophene rings is 1. The zero-order valence-corrected chi connectivity index (χ0v) is 17.8. The molecule has 6 heteroatoms. The van der Waals surface area contributed by atoms with Crippen molar-refractivity contribution in [2.45, 2.75) is 13.8 Å². The lowest BCUT2D eigenvalue weighted by Gasteiger charge is -2.12. The van der Waals surface area contributed by atoms with Crippen LogP contribution in [0.15, 0.2) is 71.7 Å². The van der Waals surface area contributed by atoms with Gasteiger partial charge < -0.3 is 15.4 Å². The Bertz CT molecular complexity index is 1020. The molecule has 0 bridgehead atoms. The summed E-state index contributed by atoms with van der Waals surface area (Å²) >= 11 is 1.49. The number of carbonyl (C=O) groups excluding carboxylic acids is 2. The zero-order valence-electron chi connectivity index (χ0n) is 17.0. The zero-order chi connectivity index (χ0) is 21.3. The number of hydrogen-bond donors (Lipinski definition) is 2. The predicted molar refractivity (Wildman–Crippen MR) is 121 cm³/mol. The molecule has 0 aliphatic heterocycles. The van der Waals surface area contributed by atoms with Crippen LogP contribution in [0.1, 0.15) is 26.4 Å². The molecule has 2 amide bonds. The third-order valence-electron chi connectivity index (χ3n) is 4.38. The maximum atomic E-state index is 12.7. The lowest BCUT2D eigenvalue weighted by atomic mass is 10.1. The summed E-state index contributed by atoms with van der Waals surface area (Å²) in [6.07, 6.45) is 1.67. The van der Waals surface area contributed by atoms with E-state index in [2.05, 4.69) is 10.6 Å². The molecule has 1 aromatic heterocycles. The molecule has 1 heterocycles. The molecular formula is C24H24N2O3S. The molecular weight excluding hydrogens is 396 g/mol. The van der Waals surface area contributed by atoms with Crippen molar-refractivity contribution in [2.24, 2.45) is 0 Å². The van der Waals surface area contributed by atoms with Crippen LogP contribution in [0.5, 0.6) is 5.75 Å². The fourth-order valence-corrected chi connectivity index (χ4v) is 3.37. The summed E-state index contributed by atoms with van der Waals surface area (Å²) in [6, 6.07) is 18.7. The Balaban J connectivity index is 1.63. The SMILES string of the molecule is Cc1ccc(C(=O)N/C(=C\c2cccs2)C(=O)NCCOc2ccccc2C)cc1. The van der Waals surface area contributed by atoms with E-state index in [0.717, 1.165) is 21.8 Å². The Hall–Kier alpha value is -3.38. The Morgan fingerprint density at radius 3 is 2.47 bits per heavy atom. The second-order valence-electron chi connectivity index (χ2n) is 6.76. The van der Waals surface area contributed by atoms with Crippen LogP contribution in [-0.2, 0) is 4.79 Å². The summed E-state index contributed by atoms with van der Waals surface area (Å²) in [5.41, 5.74) is 2.78. The fourth-order valence-electron chi connectivity index (χ4n) is 2.71. The minimum absolute atomic E-state index is 0.193. The molecule has 3 rings (SSSR count). The van der Waals surface area contributed by atoms with Gasteiger partial charge in [0.1, 0.15) is 18.1 Å². The van der Waals surface area contributed by atoms with Crippen LogP contribution in [0.25, 0.3) is 6.08 Å². The smallest absolute Gasteiger partial charge is 0.267 e. The molecule has 0 fully saturated rings. The first-order valence-electron chi connectivity index (χ1n) is 9.63. The van der Waals surface area contributed by atoms with E-state index in [1.54, 1.807) is 18.2 Å². The van der Waals surface area contributed by atoms with Gasteiger partial charge in [-0.15, -0.1) is 11.3 Å². The first-order chi connectivity index (χ1) is 14.5. The molecule has 0 unspecified atom stereocenters. The van der Waals surface area contributed by atoms with Crippen molar-refractivity contribution in [1.82, 2.24) is 10.6 Å². The number of hydrogen-bond acceptors (Lipinski definition) is 4. The quantitative estimate of drug-likeness (QED) is 0.421. The Labute approximate surface area is 180 Å². The van der Waals surface area contributed by atoms with Gasteiger partial charge in [0.15, 0.2) is 0 Å². The van der Waals surface area contributed by atoms with Crippen molar-refractivity contribution in [3.8, 4) is 5.75 Å². The highest BCUT2D eigenvalue weighted by Crippen LogP contribution is 2.16. The maximum absolute atomic E-state index is 12.7. The van der Waals surface area contributed by atoms with Crippen molar-refractivity contribution in [2.75, 3.05) is 13.2 Å². The first-order valence-corrected chi connectivity index (χ1v) is 10.5. The average Bonchev–Trinajstić information content (AvgIpc) is 3.25. The number of carbonyl (C=O) groups is 2. The van der Waals surface area contributed by atoms with E-state index in [4.69, 9.17) is 4.74 Å². The summed E-state index contributed by atoms with van der Waals surface area (Å²) in [7, 11) is 0. The summed E-state index contributed by atoms with van der Waals surface area (Å²) in [4.78, 5) is 26.2. The highest BCUT2D eigenvalue weighted by molar-refractivity contribution is 7.10. The molecule has 3 aromatic rings. The fraction of sp³-hybridized carbons (Fsp3) is 0.167. The van der Waals surface area contributed by atoms with E-state index in [1.165, 1.54) is 11.3 Å². The van der Waals surface area contributed by atoms with Crippen LogP contribution in [-0.4, -0.2) is 25.0 Å². The van der Waals surface area contributed by atoms with E-state index < -0.39 is 0 Å². The molecule has 2 aromatic carbocycles. The molecule has 30 heavy (non-hydrogen) atoms. The van der Waals surface area contributed by atoms with Crippen molar-refractivity contribution < 1.29 is 14.3 Å². The average molecular weight is 421 g/mol. The minimum Gasteiger partial charge on any atom is -0.491 e. The van der Waals surface area contributed by atoms with E-state index >= 15 is 0 Å². The number of ether oxygens (including phenoxy) is 1. The molecule has 2 N–H and O–H groups in total. The number of aryl methyl sites for hydroxylation is 2. The first kappa shape index (κ1) is 21.3. The van der Waals surface area contributed by atoms with Crippen molar-refractivity contribution in [3.05, 3.63) is 93.3 Å². The maximum Gasteiger partial charge on any atom is 0.267 e. The van der Waals surface area contributed by atoms with Crippen LogP contribution in [0.4, 0.5) is 0 Å². The van der Waals surface area contributed by atoms with Gasteiger partial charge in [-0.1, -0.05) is 42.0 Å². The molecule has 0 aliphatic carbocycles. The third-order valence-corrected chi connectivity index (χ3v) is 5.19. The molecule has 0 atom stereocenters. The molecule has 0 aliphatic rings. The minimum atomic E-state index is -0.364. The van der Waals surface area contributed by atoms with Crippen molar-refractivity contribution in [1.29, 1.82) is 0 Å². The van der Waals surface area contributed by atoms with E-state index in [1.807, 2.05) is 67.8 Å². The standard InChI is InChI=1S/C24H24N2O3S/c1-17-9-11-19(12-10-17)23(27)26-21(16-20-7-5-15-30-20)24(28)25-13-14-29-22-8-4-3-6-18(22)2/h3-12,15-16H,13-14H2,1-2H3,(H,25,28)(H,26,27)/b21-16-. The molecule has 0 radical (unpaired) electrons. The van der Waals surface area contributed by atoms with Crippen LogP contribution < -0.4 is 15.4 Å². The van der Waals surface area contributed by atoms with Gasteiger partial charge in [0.05, 0.1) is 6.54 Å². The lowest BCUT2D eigenvalue weighted by molar-refractivity contribution is -0.117. The largest absolute Gasteiger partial charge is 0.491 e. The van der Waals surface area contributed by atoms with Crippen LogP contribution in [0.3, 0.4) is 0 Å². The Kier molecular flexibility index (Phi) is 7.40. The highest BCUT2D eigenvalue weighted by Gasteiger charge is 2.15. The second-order valence-corrected chi connectivity index (χ2v) is 7.74. The number of para-hydroxylation sites is 1. The molecule has 154 valence electrons. The van der Waals surface area contributed by atoms with Crippen LogP contribution in [0.2, 0.25) is 0 Å². The van der Waals surface area contributed by atoms with Gasteiger partial charge in [-0.05, 0) is 55.1 Å². The van der Waals surface area contributed by atoms with Crippen LogP contribution >= 0.6 is 11.3 Å². The predicted octanol–water partition coefficient (Wildman–Crippen LogP) is 4.33. The monoisotopic (exact) mass is 420 g/mol. The summed E-state index contributed by atoms with van der Waals surface area (Å²) in [5, 5.41) is 7.46. The molecule has 0 spiro atoms. The normalized spacial score (nSPS) is 11.1. The number of amides is 2. The van der Waals surface area contributed by atoms with Crippen molar-refractivity contribution >= 4 is 29.2 Å². The van der Waals surface area contributed by atoms with Gasteiger partial charge in [0.2, 0.25) is 0 Å². The van der Waals surface area contributed by atoms with Gasteiger partial charge in [-0.25, -0.2) is 0 Å².